The molecular weight excluding hydrogens is 266 g/mol. The Hall–Kier alpha value is -1.47. The molecule has 1 amide bonds. The lowest BCUT2D eigenvalue weighted by atomic mass is 9.97. The summed E-state index contributed by atoms with van der Waals surface area (Å²) in [4.78, 5) is 12.5. The molecule has 1 heterocycles. The summed E-state index contributed by atoms with van der Waals surface area (Å²) in [6.07, 6.45) is 3.56. The first-order chi connectivity index (χ1) is 9.07. The van der Waals surface area contributed by atoms with Gasteiger partial charge in [0.1, 0.15) is 6.61 Å². The number of carbonyl (C=O) groups is 1. The Morgan fingerprint density at radius 1 is 1.63 bits per heavy atom. The van der Waals surface area contributed by atoms with Crippen LogP contribution in [-0.4, -0.2) is 28.7 Å². The van der Waals surface area contributed by atoms with Crippen molar-refractivity contribution < 1.29 is 14.1 Å². The van der Waals surface area contributed by atoms with E-state index in [2.05, 4.69) is 10.5 Å². The van der Waals surface area contributed by atoms with Crippen molar-refractivity contribution in [2.24, 2.45) is 5.73 Å². The number of hydrogen-bond acceptors (Lipinski definition) is 5. The van der Waals surface area contributed by atoms with Gasteiger partial charge in [-0.25, -0.2) is 0 Å². The molecule has 0 aromatic carbocycles. The molecule has 0 aliphatic heterocycles. The third-order valence-electron chi connectivity index (χ3n) is 3.36. The van der Waals surface area contributed by atoms with E-state index in [0.717, 1.165) is 25.7 Å². The summed E-state index contributed by atoms with van der Waals surface area (Å²) in [5, 5.41) is 6.61. The van der Waals surface area contributed by atoms with Crippen molar-refractivity contribution >= 4 is 23.1 Å². The van der Waals surface area contributed by atoms with Gasteiger partial charge >= 0.3 is 0 Å². The van der Waals surface area contributed by atoms with Crippen LogP contribution < -0.4 is 11.1 Å². The molecule has 104 valence electrons. The second-order valence-electron chi connectivity index (χ2n) is 4.72. The van der Waals surface area contributed by atoms with Crippen LogP contribution in [0, 0.1) is 0 Å². The quantitative estimate of drug-likeness (QED) is 0.788. The summed E-state index contributed by atoms with van der Waals surface area (Å²) in [5.74, 6) is 0.184. The normalized spacial score (nSPS) is 17.3. The van der Waals surface area contributed by atoms with Gasteiger partial charge in [-0.05, 0) is 12.8 Å². The number of nitrogens with zero attached hydrogens (tertiary/aromatic N) is 1. The molecule has 1 aliphatic rings. The Bertz CT molecular complexity index is 480. The number of hydrogen-bond donors (Lipinski definition) is 2. The van der Waals surface area contributed by atoms with Gasteiger partial charge in [0.2, 0.25) is 0 Å². The Morgan fingerprint density at radius 2 is 2.32 bits per heavy atom. The van der Waals surface area contributed by atoms with Crippen LogP contribution in [0.4, 0.5) is 0 Å². The Balaban J connectivity index is 2.08. The fraction of sp³-hybridized carbons (Fsp3) is 0.583. The van der Waals surface area contributed by atoms with Crippen molar-refractivity contribution in [3.8, 4) is 0 Å². The summed E-state index contributed by atoms with van der Waals surface area (Å²) in [5.41, 5.74) is 5.41. The highest BCUT2D eigenvalue weighted by molar-refractivity contribution is 7.80. The van der Waals surface area contributed by atoms with Gasteiger partial charge in [0.25, 0.3) is 5.91 Å². The van der Waals surface area contributed by atoms with Crippen LogP contribution in [0.5, 0.6) is 0 Å². The number of methoxy groups -OCH3 is 1. The van der Waals surface area contributed by atoms with Gasteiger partial charge in [0, 0.05) is 13.2 Å². The van der Waals surface area contributed by atoms with E-state index in [1.807, 2.05) is 0 Å². The maximum Gasteiger partial charge on any atom is 0.274 e. The smallest absolute Gasteiger partial charge is 0.274 e. The SMILES string of the molecule is COCc1cc(C(=O)NC2(C(N)=S)CCCC2)no1. The molecule has 2 rings (SSSR count). The molecule has 3 N–H and O–H groups in total. The molecule has 1 aromatic heterocycles. The summed E-state index contributed by atoms with van der Waals surface area (Å²) < 4.78 is 9.89. The number of amides is 1. The number of nitrogens with two attached hydrogens (primary N) is 1. The van der Waals surface area contributed by atoms with Crippen molar-refractivity contribution in [1.29, 1.82) is 0 Å². The fourth-order valence-corrected chi connectivity index (χ4v) is 2.58. The zero-order valence-corrected chi connectivity index (χ0v) is 11.6. The van der Waals surface area contributed by atoms with Gasteiger partial charge in [-0.1, -0.05) is 30.2 Å². The van der Waals surface area contributed by atoms with Crippen LogP contribution in [0.15, 0.2) is 10.6 Å². The van der Waals surface area contributed by atoms with Gasteiger partial charge in [-0.15, -0.1) is 0 Å². The monoisotopic (exact) mass is 283 g/mol. The maximum absolute atomic E-state index is 12.1. The minimum atomic E-state index is -0.577. The van der Waals surface area contributed by atoms with Crippen LogP contribution in [0.3, 0.4) is 0 Å². The molecule has 0 atom stereocenters. The second-order valence-corrected chi connectivity index (χ2v) is 5.16. The fourth-order valence-electron chi connectivity index (χ4n) is 2.32. The van der Waals surface area contributed by atoms with Gasteiger partial charge in [-0.2, -0.15) is 0 Å². The number of ether oxygens (including phenoxy) is 1. The topological polar surface area (TPSA) is 90.4 Å². The lowest BCUT2D eigenvalue weighted by molar-refractivity contribution is 0.0914. The van der Waals surface area contributed by atoms with E-state index in [-0.39, 0.29) is 18.2 Å². The van der Waals surface area contributed by atoms with E-state index in [1.54, 1.807) is 13.2 Å². The Morgan fingerprint density at radius 3 is 2.89 bits per heavy atom. The van der Waals surface area contributed by atoms with Crippen LogP contribution in [-0.2, 0) is 11.3 Å². The molecule has 0 unspecified atom stereocenters. The lowest BCUT2D eigenvalue weighted by Gasteiger charge is -2.28. The maximum atomic E-state index is 12.1. The average Bonchev–Trinajstić information content (AvgIpc) is 2.99. The third-order valence-corrected chi connectivity index (χ3v) is 3.75. The minimum Gasteiger partial charge on any atom is -0.391 e. The van der Waals surface area contributed by atoms with Crippen molar-refractivity contribution in [2.45, 2.75) is 37.8 Å². The van der Waals surface area contributed by atoms with Crippen LogP contribution in [0.25, 0.3) is 0 Å². The van der Waals surface area contributed by atoms with E-state index in [0.29, 0.717) is 10.7 Å². The molecule has 19 heavy (non-hydrogen) atoms. The predicted octanol–water partition coefficient (Wildman–Crippen LogP) is 1.15. The highest BCUT2D eigenvalue weighted by Crippen LogP contribution is 2.30. The first kappa shape index (κ1) is 14.0. The lowest BCUT2D eigenvalue weighted by Crippen LogP contribution is -2.54. The molecule has 1 aromatic rings. The molecule has 7 heteroatoms. The van der Waals surface area contributed by atoms with E-state index in [4.69, 9.17) is 27.2 Å². The van der Waals surface area contributed by atoms with Gasteiger partial charge < -0.3 is 20.3 Å². The zero-order valence-electron chi connectivity index (χ0n) is 10.8. The number of nitrogens with one attached hydrogen (secondary N) is 1. The largest absolute Gasteiger partial charge is 0.391 e. The first-order valence-corrected chi connectivity index (χ1v) is 6.55. The van der Waals surface area contributed by atoms with Crippen molar-refractivity contribution in [2.75, 3.05) is 7.11 Å². The summed E-state index contributed by atoms with van der Waals surface area (Å²) >= 11 is 5.08. The summed E-state index contributed by atoms with van der Waals surface area (Å²) in [6, 6.07) is 1.56. The number of thiocarbonyl (C=S) groups is 1. The van der Waals surface area contributed by atoms with Crippen LogP contribution in [0.1, 0.15) is 41.9 Å². The number of carbonyl (C=O) groups excluding carboxylic acids is 1. The molecule has 6 nitrogen and oxygen atoms in total. The molecule has 1 fully saturated rings. The van der Waals surface area contributed by atoms with E-state index in [9.17, 15) is 4.79 Å². The number of aromatic nitrogens is 1. The first-order valence-electron chi connectivity index (χ1n) is 6.14. The van der Waals surface area contributed by atoms with Crippen LogP contribution in [0.2, 0.25) is 0 Å². The average molecular weight is 283 g/mol. The molecule has 1 saturated carbocycles. The predicted molar refractivity (Wildman–Crippen MR) is 72.7 cm³/mol. The van der Waals surface area contributed by atoms with E-state index >= 15 is 0 Å². The highest BCUT2D eigenvalue weighted by Gasteiger charge is 2.38. The molecule has 0 spiro atoms. The molecule has 0 saturated heterocycles. The highest BCUT2D eigenvalue weighted by atomic mass is 32.1. The molecule has 0 radical (unpaired) electrons. The zero-order chi connectivity index (χ0) is 13.9. The summed E-state index contributed by atoms with van der Waals surface area (Å²) in [7, 11) is 1.54. The van der Waals surface area contributed by atoms with E-state index in [1.165, 1.54) is 0 Å². The second kappa shape index (κ2) is 5.66. The van der Waals surface area contributed by atoms with E-state index < -0.39 is 5.54 Å². The van der Waals surface area contributed by atoms with Gasteiger partial charge in [0.05, 0.1) is 10.5 Å². The number of rotatable bonds is 5. The third kappa shape index (κ3) is 2.93. The summed E-state index contributed by atoms with van der Waals surface area (Å²) in [6.45, 7) is 0.278. The van der Waals surface area contributed by atoms with Gasteiger partial charge in [-0.3, -0.25) is 4.79 Å². The van der Waals surface area contributed by atoms with Crippen molar-refractivity contribution in [3.05, 3.63) is 17.5 Å². The van der Waals surface area contributed by atoms with Gasteiger partial charge in [0.15, 0.2) is 11.5 Å². The molecule has 0 bridgehead atoms. The Labute approximate surface area is 116 Å². The standard InChI is InChI=1S/C12H17N3O3S/c1-17-7-8-6-9(15-18-8)10(16)14-12(11(13)19)4-2-3-5-12/h6H,2-5,7H2,1H3,(H2,13,19)(H,14,16). The van der Waals surface area contributed by atoms with Crippen molar-refractivity contribution in [3.63, 3.8) is 0 Å². The minimum absolute atomic E-state index is 0.217. The molecular formula is C12H17N3O3S. The molecule has 1 aliphatic carbocycles. The van der Waals surface area contributed by atoms with Crippen molar-refractivity contribution in [1.82, 2.24) is 10.5 Å². The van der Waals surface area contributed by atoms with Crippen LogP contribution >= 0.6 is 12.2 Å². The Kier molecular flexibility index (Phi) is 4.16.